The van der Waals surface area contributed by atoms with Crippen LogP contribution in [0.2, 0.25) is 0 Å². The summed E-state index contributed by atoms with van der Waals surface area (Å²) in [4.78, 5) is 11.0. The maximum absolute atomic E-state index is 4.45. The molecule has 5 heteroatoms. The number of hydrogen-bond acceptors (Lipinski definition) is 4. The summed E-state index contributed by atoms with van der Waals surface area (Å²) in [5.41, 5.74) is 2.20. The Morgan fingerprint density at radius 2 is 2.00 bits per heavy atom. The number of fused-ring (bicyclic) bond motifs is 1. The molecule has 0 N–H and O–H groups in total. The van der Waals surface area contributed by atoms with Crippen molar-refractivity contribution in [2.45, 2.75) is 13.0 Å². The molecule has 0 amide bonds. The first-order valence-corrected chi connectivity index (χ1v) is 6.77. The van der Waals surface area contributed by atoms with Gasteiger partial charge in [0, 0.05) is 24.7 Å². The first kappa shape index (κ1) is 11.4. The SMILES string of the molecule is Cc1cnn(C2CN(c3ncnc4ccccc34)C2)c1. The molecule has 0 aliphatic carbocycles. The van der Waals surface area contributed by atoms with E-state index < -0.39 is 0 Å². The van der Waals surface area contributed by atoms with E-state index in [-0.39, 0.29) is 0 Å². The molecule has 5 nitrogen and oxygen atoms in total. The molecular formula is C15H15N5. The summed E-state index contributed by atoms with van der Waals surface area (Å²) in [6, 6.07) is 8.58. The van der Waals surface area contributed by atoms with Crippen LogP contribution >= 0.6 is 0 Å². The molecule has 0 atom stereocenters. The standard InChI is InChI=1S/C15H15N5/c1-11-6-18-20(7-11)12-8-19(9-12)15-13-4-2-3-5-14(13)16-10-17-15/h2-7,10,12H,8-9H2,1H3. The number of nitrogens with zero attached hydrogens (tertiary/aromatic N) is 5. The van der Waals surface area contributed by atoms with Crippen LogP contribution in [0, 0.1) is 6.92 Å². The van der Waals surface area contributed by atoms with Crippen molar-refractivity contribution in [3.8, 4) is 0 Å². The average molecular weight is 265 g/mol. The highest BCUT2D eigenvalue weighted by Crippen LogP contribution is 2.30. The molecule has 2 aromatic heterocycles. The van der Waals surface area contributed by atoms with Gasteiger partial charge in [0.1, 0.15) is 12.1 Å². The number of rotatable bonds is 2. The lowest BCUT2D eigenvalue weighted by Crippen LogP contribution is -2.48. The second-order valence-electron chi connectivity index (χ2n) is 5.27. The molecule has 0 bridgehead atoms. The van der Waals surface area contributed by atoms with Crippen LogP contribution in [0.4, 0.5) is 5.82 Å². The van der Waals surface area contributed by atoms with Gasteiger partial charge < -0.3 is 4.90 Å². The monoisotopic (exact) mass is 265 g/mol. The van der Waals surface area contributed by atoms with Crippen molar-refractivity contribution < 1.29 is 0 Å². The van der Waals surface area contributed by atoms with Gasteiger partial charge >= 0.3 is 0 Å². The molecular weight excluding hydrogens is 250 g/mol. The van der Waals surface area contributed by atoms with Gasteiger partial charge in [-0.1, -0.05) is 12.1 Å². The fraction of sp³-hybridized carbons (Fsp3) is 0.267. The maximum Gasteiger partial charge on any atom is 0.140 e. The highest BCUT2D eigenvalue weighted by atomic mass is 15.4. The van der Waals surface area contributed by atoms with E-state index >= 15 is 0 Å². The van der Waals surface area contributed by atoms with Crippen molar-refractivity contribution in [3.63, 3.8) is 0 Å². The van der Waals surface area contributed by atoms with Gasteiger partial charge in [0.15, 0.2) is 0 Å². The molecule has 20 heavy (non-hydrogen) atoms. The van der Waals surface area contributed by atoms with Crippen LogP contribution in [0.15, 0.2) is 43.0 Å². The third-order valence-corrected chi connectivity index (χ3v) is 3.79. The molecule has 4 rings (SSSR count). The Labute approximate surface area is 116 Å². The van der Waals surface area contributed by atoms with Gasteiger partial charge in [-0.2, -0.15) is 5.10 Å². The zero-order chi connectivity index (χ0) is 13.5. The molecule has 1 aromatic carbocycles. The topological polar surface area (TPSA) is 46.8 Å². The van der Waals surface area contributed by atoms with Crippen LogP contribution in [0.3, 0.4) is 0 Å². The number of para-hydroxylation sites is 1. The third kappa shape index (κ3) is 1.74. The van der Waals surface area contributed by atoms with Crippen LogP contribution in [-0.4, -0.2) is 32.8 Å². The second kappa shape index (κ2) is 4.30. The average Bonchev–Trinajstić information content (AvgIpc) is 2.84. The van der Waals surface area contributed by atoms with E-state index in [2.05, 4.69) is 43.8 Å². The van der Waals surface area contributed by atoms with Crippen molar-refractivity contribution in [3.05, 3.63) is 48.5 Å². The second-order valence-corrected chi connectivity index (χ2v) is 5.27. The fourth-order valence-corrected chi connectivity index (χ4v) is 2.67. The largest absolute Gasteiger partial charge is 0.352 e. The van der Waals surface area contributed by atoms with Gasteiger partial charge in [-0.15, -0.1) is 0 Å². The molecule has 0 unspecified atom stereocenters. The smallest absolute Gasteiger partial charge is 0.140 e. The molecule has 1 fully saturated rings. The predicted molar refractivity (Wildman–Crippen MR) is 77.8 cm³/mol. The van der Waals surface area contributed by atoms with Crippen molar-refractivity contribution in [2.75, 3.05) is 18.0 Å². The third-order valence-electron chi connectivity index (χ3n) is 3.79. The van der Waals surface area contributed by atoms with Gasteiger partial charge in [-0.05, 0) is 24.6 Å². The van der Waals surface area contributed by atoms with Crippen molar-refractivity contribution in [2.24, 2.45) is 0 Å². The quantitative estimate of drug-likeness (QED) is 0.712. The molecule has 3 heterocycles. The molecule has 3 aromatic rings. The molecule has 100 valence electrons. The van der Waals surface area contributed by atoms with Crippen LogP contribution < -0.4 is 4.90 Å². The van der Waals surface area contributed by atoms with Gasteiger partial charge in [-0.25, -0.2) is 9.97 Å². The van der Waals surface area contributed by atoms with Gasteiger partial charge in [-0.3, -0.25) is 4.68 Å². The van der Waals surface area contributed by atoms with E-state index in [1.54, 1.807) is 6.33 Å². The Morgan fingerprint density at radius 1 is 1.15 bits per heavy atom. The normalized spacial score (nSPS) is 15.6. The predicted octanol–water partition coefficient (Wildman–Crippen LogP) is 2.20. The number of benzene rings is 1. The summed E-state index contributed by atoms with van der Waals surface area (Å²) >= 11 is 0. The van der Waals surface area contributed by atoms with Crippen molar-refractivity contribution in [1.29, 1.82) is 0 Å². The van der Waals surface area contributed by atoms with Gasteiger partial charge in [0.2, 0.25) is 0 Å². The first-order valence-electron chi connectivity index (χ1n) is 6.77. The lowest BCUT2D eigenvalue weighted by Gasteiger charge is -2.40. The minimum absolute atomic E-state index is 0.442. The lowest BCUT2D eigenvalue weighted by molar-refractivity contribution is 0.366. The summed E-state index contributed by atoms with van der Waals surface area (Å²) in [5.74, 6) is 1.02. The summed E-state index contributed by atoms with van der Waals surface area (Å²) < 4.78 is 2.05. The first-order chi connectivity index (χ1) is 9.81. The zero-order valence-corrected chi connectivity index (χ0v) is 11.3. The summed E-state index contributed by atoms with van der Waals surface area (Å²) in [6.07, 6.45) is 5.64. The Bertz CT molecular complexity index is 752. The van der Waals surface area contributed by atoms with E-state index in [0.717, 1.165) is 29.8 Å². The van der Waals surface area contributed by atoms with E-state index in [4.69, 9.17) is 0 Å². The summed E-state index contributed by atoms with van der Waals surface area (Å²) in [7, 11) is 0. The Hall–Kier alpha value is -2.43. The Morgan fingerprint density at radius 3 is 2.80 bits per heavy atom. The van der Waals surface area contributed by atoms with Crippen LogP contribution in [0.5, 0.6) is 0 Å². The van der Waals surface area contributed by atoms with E-state index in [1.165, 1.54) is 5.56 Å². The molecule has 0 saturated carbocycles. The zero-order valence-electron chi connectivity index (χ0n) is 11.3. The summed E-state index contributed by atoms with van der Waals surface area (Å²) in [6.45, 7) is 3.96. The van der Waals surface area contributed by atoms with Crippen LogP contribution in [-0.2, 0) is 0 Å². The van der Waals surface area contributed by atoms with E-state index in [9.17, 15) is 0 Å². The van der Waals surface area contributed by atoms with Gasteiger partial charge in [0.25, 0.3) is 0 Å². The van der Waals surface area contributed by atoms with E-state index in [1.807, 2.05) is 24.4 Å². The van der Waals surface area contributed by atoms with Crippen molar-refractivity contribution >= 4 is 16.7 Å². The number of anilines is 1. The molecule has 1 aliphatic rings. The van der Waals surface area contributed by atoms with Gasteiger partial charge in [0.05, 0.1) is 17.8 Å². The minimum Gasteiger partial charge on any atom is -0.352 e. The van der Waals surface area contributed by atoms with E-state index in [0.29, 0.717) is 6.04 Å². The minimum atomic E-state index is 0.442. The molecule has 1 saturated heterocycles. The lowest BCUT2D eigenvalue weighted by atomic mass is 10.1. The molecule has 0 radical (unpaired) electrons. The number of aromatic nitrogens is 4. The molecule has 1 aliphatic heterocycles. The summed E-state index contributed by atoms with van der Waals surface area (Å²) in [5, 5.41) is 5.50. The Kier molecular flexibility index (Phi) is 2.45. The highest BCUT2D eigenvalue weighted by Gasteiger charge is 2.30. The molecule has 0 spiro atoms. The number of aryl methyl sites for hydroxylation is 1. The number of hydrogen-bond donors (Lipinski definition) is 0. The van der Waals surface area contributed by atoms with Crippen LogP contribution in [0.25, 0.3) is 10.9 Å². The highest BCUT2D eigenvalue weighted by molar-refractivity contribution is 5.89. The maximum atomic E-state index is 4.45. The fourth-order valence-electron chi connectivity index (χ4n) is 2.67. The van der Waals surface area contributed by atoms with Crippen molar-refractivity contribution in [1.82, 2.24) is 19.7 Å². The van der Waals surface area contributed by atoms with Crippen LogP contribution in [0.1, 0.15) is 11.6 Å². The Balaban J connectivity index is 1.60.